The lowest BCUT2D eigenvalue weighted by atomic mass is 10.0. The number of phenolic OH excluding ortho intramolecular Hbond substituents is 1. The van der Waals surface area contributed by atoms with Crippen LogP contribution in [0.15, 0.2) is 18.2 Å². The number of carbonyl (C=O) groups is 3. The number of aldehydes is 1. The standard InChI is InChI=1S/C22H34N2O6/c1-5-23(12-13-25)10-11-24(16-21(29)30-22(2,3)4)15-18-14-17(6-8-19(18)26)7-9-20(27)28/h6,8,13-14,26H,5,7,9-12,15-16H2,1-4H3,(H,27,28). The fourth-order valence-electron chi connectivity index (χ4n) is 2.95. The maximum Gasteiger partial charge on any atom is 0.320 e. The Kier molecular flexibility index (Phi) is 10.5. The predicted octanol–water partition coefficient (Wildman–Crippen LogP) is 2.07. The molecule has 30 heavy (non-hydrogen) atoms. The minimum Gasteiger partial charge on any atom is -0.508 e. The van der Waals surface area contributed by atoms with Crippen molar-refractivity contribution in [2.75, 3.05) is 32.7 Å². The molecule has 0 heterocycles. The van der Waals surface area contributed by atoms with Crippen molar-refractivity contribution in [3.63, 3.8) is 0 Å². The lowest BCUT2D eigenvalue weighted by molar-refractivity contribution is -0.156. The fraction of sp³-hybridized carbons (Fsp3) is 0.591. The molecule has 1 aromatic rings. The van der Waals surface area contributed by atoms with Crippen molar-refractivity contribution < 1.29 is 29.3 Å². The normalized spacial score (nSPS) is 11.7. The van der Waals surface area contributed by atoms with Gasteiger partial charge in [0.2, 0.25) is 0 Å². The minimum atomic E-state index is -0.883. The molecule has 0 aliphatic rings. The van der Waals surface area contributed by atoms with Crippen LogP contribution in [0, 0.1) is 0 Å². The zero-order valence-corrected chi connectivity index (χ0v) is 18.4. The molecule has 0 aromatic heterocycles. The number of ether oxygens (including phenoxy) is 1. The summed E-state index contributed by atoms with van der Waals surface area (Å²) in [6, 6.07) is 5.01. The molecule has 2 N–H and O–H groups in total. The molecule has 0 fully saturated rings. The van der Waals surface area contributed by atoms with Gasteiger partial charge in [0.15, 0.2) is 0 Å². The lowest BCUT2D eigenvalue weighted by Crippen LogP contribution is -2.40. The molecule has 0 aliphatic carbocycles. The Labute approximate surface area is 178 Å². The number of aromatic hydroxyl groups is 1. The van der Waals surface area contributed by atoms with E-state index in [9.17, 15) is 19.5 Å². The number of aryl methyl sites for hydroxylation is 1. The molecule has 8 heteroatoms. The lowest BCUT2D eigenvalue weighted by Gasteiger charge is -2.27. The number of esters is 1. The van der Waals surface area contributed by atoms with E-state index in [1.165, 1.54) is 0 Å². The van der Waals surface area contributed by atoms with Crippen molar-refractivity contribution in [2.24, 2.45) is 0 Å². The van der Waals surface area contributed by atoms with Crippen LogP contribution in [0.1, 0.15) is 45.2 Å². The van der Waals surface area contributed by atoms with E-state index in [1.807, 2.05) is 16.7 Å². The van der Waals surface area contributed by atoms with Crippen molar-refractivity contribution >= 4 is 18.2 Å². The van der Waals surface area contributed by atoms with Gasteiger partial charge in [-0.25, -0.2) is 0 Å². The first-order chi connectivity index (χ1) is 14.0. The Bertz CT molecular complexity index is 714. The molecular formula is C22H34N2O6. The van der Waals surface area contributed by atoms with Crippen LogP contribution >= 0.6 is 0 Å². The summed E-state index contributed by atoms with van der Waals surface area (Å²) in [6.45, 7) is 9.79. The van der Waals surface area contributed by atoms with Crippen molar-refractivity contribution in [1.82, 2.24) is 9.80 Å². The molecule has 0 aliphatic heterocycles. The second-order valence-electron chi connectivity index (χ2n) is 8.21. The number of aliphatic carboxylic acids is 1. The highest BCUT2D eigenvalue weighted by atomic mass is 16.6. The third-order valence-corrected chi connectivity index (χ3v) is 4.45. The summed E-state index contributed by atoms with van der Waals surface area (Å²) in [7, 11) is 0. The van der Waals surface area contributed by atoms with E-state index in [-0.39, 0.29) is 24.7 Å². The first-order valence-corrected chi connectivity index (χ1v) is 10.2. The Morgan fingerprint density at radius 3 is 2.40 bits per heavy atom. The van der Waals surface area contributed by atoms with Gasteiger partial charge in [0.05, 0.1) is 13.1 Å². The number of phenols is 1. The summed E-state index contributed by atoms with van der Waals surface area (Å²) < 4.78 is 5.43. The van der Waals surface area contributed by atoms with E-state index >= 15 is 0 Å². The molecule has 168 valence electrons. The number of likely N-dealkylation sites (N-methyl/N-ethyl adjacent to an activating group) is 1. The molecule has 0 unspecified atom stereocenters. The summed E-state index contributed by atoms with van der Waals surface area (Å²) >= 11 is 0. The van der Waals surface area contributed by atoms with Gasteiger partial charge in [-0.05, 0) is 45.4 Å². The van der Waals surface area contributed by atoms with Crippen molar-refractivity contribution in [3.05, 3.63) is 29.3 Å². The van der Waals surface area contributed by atoms with Gasteiger partial charge in [0.25, 0.3) is 0 Å². The largest absolute Gasteiger partial charge is 0.508 e. The first-order valence-electron chi connectivity index (χ1n) is 10.2. The van der Waals surface area contributed by atoms with Gasteiger partial charge in [-0.1, -0.05) is 19.1 Å². The van der Waals surface area contributed by atoms with Crippen molar-refractivity contribution in [3.8, 4) is 5.75 Å². The van der Waals surface area contributed by atoms with Gasteiger partial charge >= 0.3 is 11.9 Å². The quantitative estimate of drug-likeness (QED) is 0.367. The summed E-state index contributed by atoms with van der Waals surface area (Å²) in [5, 5.41) is 19.2. The average Bonchev–Trinajstić information content (AvgIpc) is 2.63. The molecule has 0 radical (unpaired) electrons. The predicted molar refractivity (Wildman–Crippen MR) is 113 cm³/mol. The molecule has 1 rings (SSSR count). The number of hydrogen-bond donors (Lipinski definition) is 2. The van der Waals surface area contributed by atoms with E-state index in [0.717, 1.165) is 11.8 Å². The smallest absolute Gasteiger partial charge is 0.320 e. The zero-order chi connectivity index (χ0) is 22.7. The number of carboxylic acids is 1. The molecular weight excluding hydrogens is 388 g/mol. The maximum atomic E-state index is 12.4. The van der Waals surface area contributed by atoms with Gasteiger partial charge in [0, 0.05) is 31.6 Å². The van der Waals surface area contributed by atoms with Crippen LogP contribution < -0.4 is 0 Å². The molecule has 0 saturated heterocycles. The summed E-state index contributed by atoms with van der Waals surface area (Å²) in [6.07, 6.45) is 1.21. The van der Waals surface area contributed by atoms with Gasteiger partial charge in [-0.15, -0.1) is 0 Å². The van der Waals surface area contributed by atoms with E-state index in [0.29, 0.717) is 44.7 Å². The summed E-state index contributed by atoms with van der Waals surface area (Å²) in [5.74, 6) is -1.17. The van der Waals surface area contributed by atoms with E-state index in [2.05, 4.69) is 0 Å². The van der Waals surface area contributed by atoms with Crippen molar-refractivity contribution in [2.45, 2.75) is 52.7 Å². The van der Waals surface area contributed by atoms with E-state index in [1.54, 1.807) is 39.0 Å². The van der Waals surface area contributed by atoms with Gasteiger partial charge in [-0.3, -0.25) is 19.4 Å². The molecule has 0 saturated carbocycles. The SMILES string of the molecule is CCN(CC=O)CCN(CC(=O)OC(C)(C)C)Cc1cc(CCC(=O)O)ccc1O. The average molecular weight is 423 g/mol. The molecule has 0 bridgehead atoms. The number of benzene rings is 1. The monoisotopic (exact) mass is 422 g/mol. The van der Waals surface area contributed by atoms with E-state index in [4.69, 9.17) is 9.84 Å². The van der Waals surface area contributed by atoms with Crippen molar-refractivity contribution in [1.29, 1.82) is 0 Å². The Morgan fingerprint density at radius 1 is 1.17 bits per heavy atom. The van der Waals surface area contributed by atoms with Gasteiger partial charge < -0.3 is 19.7 Å². The summed E-state index contributed by atoms with van der Waals surface area (Å²) in [5.41, 5.74) is 0.813. The van der Waals surface area contributed by atoms with Crippen LogP contribution in [0.2, 0.25) is 0 Å². The van der Waals surface area contributed by atoms with Crippen LogP contribution in [-0.2, 0) is 32.1 Å². The Balaban J connectivity index is 2.94. The Morgan fingerprint density at radius 2 is 1.83 bits per heavy atom. The fourth-order valence-corrected chi connectivity index (χ4v) is 2.95. The van der Waals surface area contributed by atoms with Gasteiger partial charge in [0.1, 0.15) is 17.6 Å². The third-order valence-electron chi connectivity index (χ3n) is 4.45. The highest BCUT2D eigenvalue weighted by Crippen LogP contribution is 2.21. The van der Waals surface area contributed by atoms with Crippen LogP contribution in [0.3, 0.4) is 0 Å². The second-order valence-corrected chi connectivity index (χ2v) is 8.21. The molecule has 0 amide bonds. The molecule has 0 spiro atoms. The van der Waals surface area contributed by atoms with Crippen LogP contribution in [0.25, 0.3) is 0 Å². The molecule has 0 atom stereocenters. The third kappa shape index (κ3) is 10.4. The molecule has 1 aromatic carbocycles. The molecule has 8 nitrogen and oxygen atoms in total. The van der Waals surface area contributed by atoms with Crippen LogP contribution in [0.5, 0.6) is 5.75 Å². The number of carbonyl (C=O) groups excluding carboxylic acids is 2. The minimum absolute atomic E-state index is 0.00297. The number of nitrogens with zero attached hydrogens (tertiary/aromatic N) is 2. The highest BCUT2D eigenvalue weighted by Gasteiger charge is 2.20. The van der Waals surface area contributed by atoms with Crippen LogP contribution in [0.4, 0.5) is 0 Å². The Hall–Kier alpha value is -2.45. The number of rotatable bonds is 13. The maximum absolute atomic E-state index is 12.4. The summed E-state index contributed by atoms with van der Waals surface area (Å²) in [4.78, 5) is 37.8. The number of hydrogen-bond acceptors (Lipinski definition) is 7. The first kappa shape index (κ1) is 25.6. The number of carboxylic acid groups (broad SMARTS) is 1. The highest BCUT2D eigenvalue weighted by molar-refractivity contribution is 5.72. The van der Waals surface area contributed by atoms with Gasteiger partial charge in [-0.2, -0.15) is 0 Å². The van der Waals surface area contributed by atoms with Crippen LogP contribution in [-0.4, -0.2) is 76.6 Å². The topological polar surface area (TPSA) is 107 Å². The second kappa shape index (κ2) is 12.3. The van der Waals surface area contributed by atoms with E-state index < -0.39 is 11.6 Å². The zero-order valence-electron chi connectivity index (χ0n) is 18.4.